The van der Waals surface area contributed by atoms with Gasteiger partial charge in [0.05, 0.1) is 12.1 Å². The summed E-state index contributed by atoms with van der Waals surface area (Å²) < 4.78 is 1.77. The molecule has 102 valence electrons. The van der Waals surface area contributed by atoms with E-state index in [9.17, 15) is 4.79 Å². The third-order valence-corrected chi connectivity index (χ3v) is 3.38. The summed E-state index contributed by atoms with van der Waals surface area (Å²) in [5.41, 5.74) is 7.03. The lowest BCUT2D eigenvalue weighted by molar-refractivity contribution is -0.125. The quantitative estimate of drug-likeness (QED) is 0.844. The zero-order chi connectivity index (χ0) is 12.3. The number of hydrogen-bond acceptors (Lipinski definition) is 3. The van der Waals surface area contributed by atoms with Gasteiger partial charge in [0, 0.05) is 25.8 Å². The van der Waals surface area contributed by atoms with Crippen LogP contribution in [-0.2, 0) is 18.3 Å². The molecular formula is C12H21ClN4O. The van der Waals surface area contributed by atoms with Crippen LogP contribution in [0, 0.1) is 5.92 Å². The molecule has 6 heteroatoms. The Balaban J connectivity index is 0.00000162. The number of hydrogen-bond donors (Lipinski definition) is 2. The van der Waals surface area contributed by atoms with Gasteiger partial charge in [-0.1, -0.05) is 6.42 Å². The molecule has 1 aliphatic rings. The van der Waals surface area contributed by atoms with Crippen LogP contribution in [0.4, 0.5) is 0 Å². The van der Waals surface area contributed by atoms with Crippen LogP contribution in [0.15, 0.2) is 12.4 Å². The van der Waals surface area contributed by atoms with Crippen molar-refractivity contribution >= 4 is 18.3 Å². The van der Waals surface area contributed by atoms with Crippen LogP contribution in [0.5, 0.6) is 0 Å². The Bertz CT molecular complexity index is 393. The van der Waals surface area contributed by atoms with Gasteiger partial charge in [0.15, 0.2) is 0 Å². The van der Waals surface area contributed by atoms with Crippen LogP contribution in [-0.4, -0.2) is 28.3 Å². The van der Waals surface area contributed by atoms with Crippen molar-refractivity contribution in [2.75, 3.05) is 6.54 Å². The van der Waals surface area contributed by atoms with Gasteiger partial charge in [0.1, 0.15) is 0 Å². The van der Waals surface area contributed by atoms with Crippen LogP contribution in [0.3, 0.4) is 0 Å². The van der Waals surface area contributed by atoms with Crippen molar-refractivity contribution in [1.82, 2.24) is 15.1 Å². The number of carbonyl (C=O) groups excluding carboxylic acids is 1. The third kappa shape index (κ3) is 3.71. The molecule has 1 aromatic rings. The molecule has 2 rings (SSSR count). The molecule has 1 aliphatic carbocycles. The van der Waals surface area contributed by atoms with E-state index in [0.29, 0.717) is 6.54 Å². The number of nitrogens with one attached hydrogen (secondary N) is 1. The van der Waals surface area contributed by atoms with Crippen LogP contribution >= 0.6 is 12.4 Å². The maximum Gasteiger partial charge on any atom is 0.224 e. The van der Waals surface area contributed by atoms with Gasteiger partial charge in [-0.2, -0.15) is 5.10 Å². The summed E-state index contributed by atoms with van der Waals surface area (Å²) in [4.78, 5) is 11.8. The maximum atomic E-state index is 11.8. The van der Waals surface area contributed by atoms with E-state index in [-0.39, 0.29) is 30.3 Å². The van der Waals surface area contributed by atoms with Gasteiger partial charge < -0.3 is 11.1 Å². The van der Waals surface area contributed by atoms with Crippen LogP contribution in [0.25, 0.3) is 0 Å². The first-order chi connectivity index (χ1) is 8.16. The Morgan fingerprint density at radius 3 is 2.94 bits per heavy atom. The second kappa shape index (κ2) is 6.75. The average Bonchev–Trinajstić information content (AvgIpc) is 2.87. The molecular weight excluding hydrogens is 252 g/mol. The number of rotatable bonds is 4. The summed E-state index contributed by atoms with van der Waals surface area (Å²) in [5, 5.41) is 7.04. The summed E-state index contributed by atoms with van der Waals surface area (Å²) in [6.45, 7) is 0.660. The molecule has 0 spiro atoms. The summed E-state index contributed by atoms with van der Waals surface area (Å²) in [6, 6.07) is 0.0494. The average molecular weight is 273 g/mol. The molecule has 1 fully saturated rings. The highest BCUT2D eigenvalue weighted by atomic mass is 35.5. The molecule has 0 aliphatic heterocycles. The number of amides is 1. The van der Waals surface area contributed by atoms with Gasteiger partial charge >= 0.3 is 0 Å². The van der Waals surface area contributed by atoms with Gasteiger partial charge in [-0.25, -0.2) is 0 Å². The van der Waals surface area contributed by atoms with Crippen LogP contribution in [0.2, 0.25) is 0 Å². The first-order valence-corrected chi connectivity index (χ1v) is 6.17. The van der Waals surface area contributed by atoms with Gasteiger partial charge in [-0.3, -0.25) is 9.48 Å². The number of carbonyl (C=O) groups is 1. The molecule has 18 heavy (non-hydrogen) atoms. The van der Waals surface area contributed by atoms with Gasteiger partial charge in [-0.05, 0) is 24.8 Å². The third-order valence-electron chi connectivity index (χ3n) is 3.38. The number of nitrogens with zero attached hydrogens (tertiary/aromatic N) is 2. The first-order valence-electron chi connectivity index (χ1n) is 6.17. The highest BCUT2D eigenvalue weighted by Crippen LogP contribution is 2.23. The molecule has 1 amide bonds. The summed E-state index contributed by atoms with van der Waals surface area (Å²) >= 11 is 0. The van der Waals surface area contributed by atoms with E-state index >= 15 is 0 Å². The van der Waals surface area contributed by atoms with Crippen molar-refractivity contribution < 1.29 is 4.79 Å². The van der Waals surface area contributed by atoms with Crippen molar-refractivity contribution in [3.05, 3.63) is 18.0 Å². The Labute approximate surface area is 114 Å². The topological polar surface area (TPSA) is 72.9 Å². The molecule has 2 unspecified atom stereocenters. The Hall–Kier alpha value is -1.07. The van der Waals surface area contributed by atoms with Crippen molar-refractivity contribution in [3.63, 3.8) is 0 Å². The lowest BCUT2D eigenvalue weighted by Crippen LogP contribution is -2.39. The standard InChI is InChI=1S/C12H20N4O.ClH/c1-16-8-9(7-15-16)5-6-14-12(17)10-3-2-4-11(10)13;/h7-8,10-11H,2-6,13H2,1H3,(H,14,17);1H. The second-order valence-corrected chi connectivity index (χ2v) is 4.76. The van der Waals surface area contributed by atoms with E-state index < -0.39 is 0 Å². The number of aromatic nitrogens is 2. The van der Waals surface area contributed by atoms with Gasteiger partial charge in [0.2, 0.25) is 5.91 Å². The van der Waals surface area contributed by atoms with Gasteiger partial charge in [0.25, 0.3) is 0 Å². The molecule has 2 atom stereocenters. The molecule has 0 radical (unpaired) electrons. The van der Waals surface area contributed by atoms with Crippen molar-refractivity contribution in [2.45, 2.75) is 31.7 Å². The molecule has 0 bridgehead atoms. The Morgan fingerprint density at radius 2 is 2.39 bits per heavy atom. The van der Waals surface area contributed by atoms with E-state index in [0.717, 1.165) is 31.2 Å². The minimum atomic E-state index is 0. The Morgan fingerprint density at radius 1 is 1.61 bits per heavy atom. The monoisotopic (exact) mass is 272 g/mol. The fraction of sp³-hybridized carbons (Fsp3) is 0.667. The predicted octanol–water partition coefficient (Wildman–Crippen LogP) is 0.628. The fourth-order valence-corrected chi connectivity index (χ4v) is 2.38. The normalized spacial score (nSPS) is 22.6. The molecule has 1 saturated carbocycles. The van der Waals surface area contributed by atoms with Crippen molar-refractivity contribution in [1.29, 1.82) is 0 Å². The zero-order valence-corrected chi connectivity index (χ0v) is 11.4. The largest absolute Gasteiger partial charge is 0.355 e. The van der Waals surface area contributed by atoms with E-state index in [1.807, 2.05) is 19.4 Å². The van der Waals surface area contributed by atoms with Crippen LogP contribution < -0.4 is 11.1 Å². The Kier molecular flexibility index (Phi) is 5.62. The molecule has 5 nitrogen and oxygen atoms in total. The second-order valence-electron chi connectivity index (χ2n) is 4.76. The first kappa shape index (κ1) is 15.0. The number of aryl methyl sites for hydroxylation is 1. The lowest BCUT2D eigenvalue weighted by atomic mass is 10.0. The molecule has 1 aromatic heterocycles. The zero-order valence-electron chi connectivity index (χ0n) is 10.6. The molecule has 3 N–H and O–H groups in total. The molecule has 1 heterocycles. The minimum Gasteiger partial charge on any atom is -0.355 e. The van der Waals surface area contributed by atoms with E-state index in [2.05, 4.69) is 10.4 Å². The summed E-state index contributed by atoms with van der Waals surface area (Å²) in [7, 11) is 1.89. The summed E-state index contributed by atoms with van der Waals surface area (Å²) in [5.74, 6) is 0.128. The smallest absolute Gasteiger partial charge is 0.224 e. The van der Waals surface area contributed by atoms with Crippen molar-refractivity contribution in [3.8, 4) is 0 Å². The number of halogens is 1. The fourth-order valence-electron chi connectivity index (χ4n) is 2.38. The van der Waals surface area contributed by atoms with E-state index in [4.69, 9.17) is 5.73 Å². The minimum absolute atomic E-state index is 0. The maximum absolute atomic E-state index is 11.8. The molecule has 0 saturated heterocycles. The summed E-state index contributed by atoms with van der Waals surface area (Å²) in [6.07, 6.45) is 7.59. The number of nitrogens with two attached hydrogens (primary N) is 1. The lowest BCUT2D eigenvalue weighted by Gasteiger charge is -2.14. The SMILES string of the molecule is Cl.Cn1cc(CCNC(=O)C2CCCC2N)cn1. The van der Waals surface area contributed by atoms with E-state index in [1.165, 1.54) is 0 Å². The predicted molar refractivity (Wildman–Crippen MR) is 72.5 cm³/mol. The van der Waals surface area contributed by atoms with Crippen molar-refractivity contribution in [2.24, 2.45) is 18.7 Å². The van der Waals surface area contributed by atoms with E-state index in [1.54, 1.807) is 4.68 Å². The van der Waals surface area contributed by atoms with Gasteiger partial charge in [-0.15, -0.1) is 12.4 Å². The molecule has 0 aromatic carbocycles. The highest BCUT2D eigenvalue weighted by Gasteiger charge is 2.29. The van der Waals surface area contributed by atoms with Crippen LogP contribution in [0.1, 0.15) is 24.8 Å². The highest BCUT2D eigenvalue weighted by molar-refractivity contribution is 5.85.